The first kappa shape index (κ1) is 21.7. The van der Waals surface area contributed by atoms with Gasteiger partial charge < -0.3 is 0 Å². The maximum absolute atomic E-state index is 11.3. The average molecular weight is 463 g/mol. The molecule has 11 heteroatoms. The molecule has 1 N–H and O–H groups in total. The highest BCUT2D eigenvalue weighted by atomic mass is 35.5. The number of hydrazone groups is 1. The minimum absolute atomic E-state index is 0.0215. The number of benzene rings is 3. The van der Waals surface area contributed by atoms with E-state index in [1.807, 2.05) is 42.5 Å². The van der Waals surface area contributed by atoms with Gasteiger partial charge in [-0.2, -0.15) is 10.2 Å². The summed E-state index contributed by atoms with van der Waals surface area (Å²) in [6.07, 6.45) is 3.24. The zero-order valence-corrected chi connectivity index (χ0v) is 17.6. The lowest BCUT2D eigenvalue weighted by molar-refractivity contribution is -0.393. The number of aromatic nitrogens is 2. The average Bonchev–Trinajstić information content (AvgIpc) is 3.24. The zero-order chi connectivity index (χ0) is 23.4. The predicted octanol–water partition coefficient (Wildman–Crippen LogP) is 5.46. The van der Waals surface area contributed by atoms with E-state index in [0.29, 0.717) is 16.3 Å². The summed E-state index contributed by atoms with van der Waals surface area (Å²) in [4.78, 5) is 20.8. The predicted molar refractivity (Wildman–Crippen MR) is 125 cm³/mol. The SMILES string of the molecule is O=[N+]([O-])c1ccc(N/N=C/c2cn(-c3ccc(Cl)cc3)nc2-c2ccccc2)c([N+](=O)[O-])c1. The Balaban J connectivity index is 1.68. The Bertz CT molecular complexity index is 1350. The summed E-state index contributed by atoms with van der Waals surface area (Å²) < 4.78 is 1.67. The van der Waals surface area contributed by atoms with Crippen LogP contribution in [0.25, 0.3) is 16.9 Å². The molecule has 4 aromatic rings. The molecule has 0 aliphatic rings. The lowest BCUT2D eigenvalue weighted by atomic mass is 10.1. The highest BCUT2D eigenvalue weighted by Crippen LogP contribution is 2.29. The first-order chi connectivity index (χ1) is 15.9. The van der Waals surface area contributed by atoms with Crippen molar-refractivity contribution in [2.24, 2.45) is 5.10 Å². The van der Waals surface area contributed by atoms with Crippen LogP contribution in [0.15, 0.2) is 84.1 Å². The molecular formula is C22H15ClN6O4. The molecule has 1 heterocycles. The Kier molecular flexibility index (Phi) is 6.09. The molecule has 0 radical (unpaired) electrons. The van der Waals surface area contributed by atoms with Crippen molar-refractivity contribution in [3.63, 3.8) is 0 Å². The lowest BCUT2D eigenvalue weighted by Gasteiger charge is -2.02. The first-order valence-corrected chi connectivity index (χ1v) is 9.93. The standard InChI is InChI=1S/C22H15ClN6O4/c23-17-6-8-18(9-7-17)27-14-16(22(26-27)15-4-2-1-3-5-15)13-24-25-20-11-10-19(28(30)31)12-21(20)29(32)33/h1-14,25H/b24-13+. The van der Waals surface area contributed by atoms with Gasteiger partial charge in [0.25, 0.3) is 5.69 Å². The van der Waals surface area contributed by atoms with E-state index in [-0.39, 0.29) is 11.4 Å². The van der Waals surface area contributed by atoms with Gasteiger partial charge in [-0.05, 0) is 30.3 Å². The maximum Gasteiger partial charge on any atom is 0.301 e. The Morgan fingerprint density at radius 1 is 0.970 bits per heavy atom. The molecule has 1 aromatic heterocycles. The Morgan fingerprint density at radius 2 is 1.70 bits per heavy atom. The number of halogens is 1. The Hall–Kier alpha value is -4.57. The van der Waals surface area contributed by atoms with Gasteiger partial charge in [0.05, 0.1) is 27.8 Å². The smallest absolute Gasteiger partial charge is 0.272 e. The molecule has 0 amide bonds. The van der Waals surface area contributed by atoms with Crippen LogP contribution in [0.5, 0.6) is 0 Å². The van der Waals surface area contributed by atoms with Crippen molar-refractivity contribution < 1.29 is 9.85 Å². The van der Waals surface area contributed by atoms with Crippen molar-refractivity contribution >= 4 is 34.9 Å². The molecule has 0 aliphatic heterocycles. The van der Waals surface area contributed by atoms with Crippen LogP contribution < -0.4 is 5.43 Å². The van der Waals surface area contributed by atoms with Gasteiger partial charge in [-0.25, -0.2) is 4.68 Å². The topological polar surface area (TPSA) is 128 Å². The number of rotatable bonds is 7. The molecule has 3 aromatic carbocycles. The van der Waals surface area contributed by atoms with E-state index in [1.165, 1.54) is 18.3 Å². The van der Waals surface area contributed by atoms with Crippen LogP contribution in [-0.4, -0.2) is 25.8 Å². The summed E-state index contributed by atoms with van der Waals surface area (Å²) in [5.74, 6) is 0. The number of nitrogens with zero attached hydrogens (tertiary/aromatic N) is 5. The number of hydrogen-bond donors (Lipinski definition) is 1. The molecule has 0 unspecified atom stereocenters. The fraction of sp³-hybridized carbons (Fsp3) is 0. The summed E-state index contributed by atoms with van der Waals surface area (Å²) >= 11 is 5.98. The second-order valence-corrected chi connectivity index (χ2v) is 7.24. The van der Waals surface area contributed by atoms with Gasteiger partial charge in [-0.15, -0.1) is 0 Å². The van der Waals surface area contributed by atoms with Gasteiger partial charge in [0.1, 0.15) is 11.4 Å². The molecule has 0 atom stereocenters. The quantitative estimate of drug-likeness (QED) is 0.221. The number of anilines is 1. The molecule has 0 aliphatic carbocycles. The van der Waals surface area contributed by atoms with E-state index in [4.69, 9.17) is 11.6 Å². The summed E-state index contributed by atoms with van der Waals surface area (Å²) in [5, 5.41) is 31.6. The number of nitrogens with one attached hydrogen (secondary N) is 1. The minimum atomic E-state index is -0.710. The van der Waals surface area contributed by atoms with Crippen LogP contribution in [0, 0.1) is 20.2 Å². The first-order valence-electron chi connectivity index (χ1n) is 9.55. The summed E-state index contributed by atoms with van der Waals surface area (Å²) in [6, 6.07) is 19.9. The monoisotopic (exact) mass is 462 g/mol. The molecule has 4 rings (SSSR count). The molecule has 10 nitrogen and oxygen atoms in total. The third-order valence-electron chi connectivity index (χ3n) is 4.66. The van der Waals surface area contributed by atoms with Crippen LogP contribution in [0.2, 0.25) is 5.02 Å². The van der Waals surface area contributed by atoms with Crippen molar-refractivity contribution in [1.29, 1.82) is 0 Å². The van der Waals surface area contributed by atoms with E-state index >= 15 is 0 Å². The zero-order valence-electron chi connectivity index (χ0n) is 16.8. The Morgan fingerprint density at radius 3 is 2.36 bits per heavy atom. The van der Waals surface area contributed by atoms with E-state index in [1.54, 1.807) is 23.0 Å². The molecule has 0 saturated carbocycles. The molecule has 33 heavy (non-hydrogen) atoms. The van der Waals surface area contributed by atoms with Crippen LogP contribution in [0.4, 0.5) is 17.1 Å². The van der Waals surface area contributed by atoms with Crippen molar-refractivity contribution in [2.45, 2.75) is 0 Å². The third kappa shape index (κ3) is 4.86. The second kappa shape index (κ2) is 9.28. The molecule has 0 spiro atoms. The van der Waals surface area contributed by atoms with Crippen LogP contribution >= 0.6 is 11.6 Å². The van der Waals surface area contributed by atoms with E-state index in [2.05, 4.69) is 15.6 Å². The van der Waals surface area contributed by atoms with Gasteiger partial charge in [0, 0.05) is 28.4 Å². The Labute approximate surface area is 192 Å². The van der Waals surface area contributed by atoms with Crippen molar-refractivity contribution in [3.8, 4) is 16.9 Å². The fourth-order valence-corrected chi connectivity index (χ4v) is 3.20. The van der Waals surface area contributed by atoms with E-state index < -0.39 is 15.5 Å². The summed E-state index contributed by atoms with van der Waals surface area (Å²) in [5.41, 5.74) is 4.71. The van der Waals surface area contributed by atoms with Crippen molar-refractivity contribution in [3.05, 3.63) is 110 Å². The summed E-state index contributed by atoms with van der Waals surface area (Å²) in [6.45, 7) is 0. The van der Waals surface area contributed by atoms with Crippen molar-refractivity contribution in [2.75, 3.05) is 5.43 Å². The van der Waals surface area contributed by atoms with Gasteiger partial charge in [-0.3, -0.25) is 25.7 Å². The molecule has 0 saturated heterocycles. The van der Waals surface area contributed by atoms with Gasteiger partial charge >= 0.3 is 5.69 Å². The highest BCUT2D eigenvalue weighted by Gasteiger charge is 2.19. The largest absolute Gasteiger partial charge is 0.301 e. The molecule has 164 valence electrons. The van der Waals surface area contributed by atoms with Gasteiger partial charge in [-0.1, -0.05) is 41.9 Å². The van der Waals surface area contributed by atoms with Crippen molar-refractivity contribution in [1.82, 2.24) is 9.78 Å². The molecule has 0 fully saturated rings. The maximum atomic E-state index is 11.3. The third-order valence-corrected chi connectivity index (χ3v) is 4.91. The second-order valence-electron chi connectivity index (χ2n) is 6.81. The van der Waals surface area contributed by atoms with Gasteiger partial charge in [0.2, 0.25) is 0 Å². The van der Waals surface area contributed by atoms with Crippen LogP contribution in [-0.2, 0) is 0 Å². The number of non-ortho nitro benzene ring substituents is 1. The minimum Gasteiger partial charge on any atom is -0.272 e. The van der Waals surface area contributed by atoms with E-state index in [9.17, 15) is 20.2 Å². The lowest BCUT2D eigenvalue weighted by Crippen LogP contribution is -1.98. The van der Waals surface area contributed by atoms with Crippen LogP contribution in [0.3, 0.4) is 0 Å². The van der Waals surface area contributed by atoms with Crippen LogP contribution in [0.1, 0.15) is 5.56 Å². The molecule has 0 bridgehead atoms. The normalized spacial score (nSPS) is 10.9. The number of nitro benzene ring substituents is 2. The van der Waals surface area contributed by atoms with Gasteiger partial charge in [0.15, 0.2) is 0 Å². The molecular weight excluding hydrogens is 448 g/mol. The number of hydrogen-bond acceptors (Lipinski definition) is 7. The summed E-state index contributed by atoms with van der Waals surface area (Å²) in [7, 11) is 0. The fourth-order valence-electron chi connectivity index (χ4n) is 3.08. The van der Waals surface area contributed by atoms with E-state index in [0.717, 1.165) is 17.3 Å². The number of nitro groups is 2. The highest BCUT2D eigenvalue weighted by molar-refractivity contribution is 6.30.